The Bertz CT molecular complexity index is 1070. The van der Waals surface area contributed by atoms with E-state index in [9.17, 15) is 5.26 Å². The van der Waals surface area contributed by atoms with Gasteiger partial charge in [0.05, 0.1) is 23.3 Å². The molecule has 0 bridgehead atoms. The SMILES string of the molecule is C=CCn1c(C)c(/C=C(\C#N)c2cccc(C#N)c2)c2ccccc21. The number of hydrogen-bond acceptors (Lipinski definition) is 2. The Kier molecular flexibility index (Phi) is 4.50. The first-order chi connectivity index (χ1) is 12.2. The predicted molar refractivity (Wildman–Crippen MR) is 102 cm³/mol. The Balaban J connectivity index is 2.23. The topological polar surface area (TPSA) is 52.5 Å². The van der Waals surface area contributed by atoms with E-state index in [2.05, 4.69) is 42.3 Å². The average molecular weight is 323 g/mol. The van der Waals surface area contributed by atoms with Crippen molar-refractivity contribution < 1.29 is 0 Å². The lowest BCUT2D eigenvalue weighted by atomic mass is 10.0. The van der Waals surface area contributed by atoms with Crippen LogP contribution in [0.3, 0.4) is 0 Å². The monoisotopic (exact) mass is 323 g/mol. The minimum absolute atomic E-state index is 0.543. The van der Waals surface area contributed by atoms with E-state index in [4.69, 9.17) is 5.26 Å². The van der Waals surface area contributed by atoms with E-state index >= 15 is 0 Å². The molecule has 0 saturated heterocycles. The first-order valence-electron chi connectivity index (χ1n) is 8.00. The van der Waals surface area contributed by atoms with Gasteiger partial charge in [-0.05, 0) is 36.8 Å². The molecule has 25 heavy (non-hydrogen) atoms. The van der Waals surface area contributed by atoms with Crippen molar-refractivity contribution in [1.29, 1.82) is 10.5 Å². The van der Waals surface area contributed by atoms with Gasteiger partial charge in [0, 0.05) is 28.7 Å². The van der Waals surface area contributed by atoms with Crippen LogP contribution in [0.2, 0.25) is 0 Å². The maximum atomic E-state index is 9.65. The summed E-state index contributed by atoms with van der Waals surface area (Å²) in [6.07, 6.45) is 3.78. The van der Waals surface area contributed by atoms with Crippen LogP contribution in [0.5, 0.6) is 0 Å². The van der Waals surface area contributed by atoms with Crippen molar-refractivity contribution in [3.8, 4) is 12.1 Å². The van der Waals surface area contributed by atoms with E-state index in [1.807, 2.05) is 30.4 Å². The molecule has 3 nitrogen and oxygen atoms in total. The van der Waals surface area contributed by atoms with Crippen molar-refractivity contribution in [2.24, 2.45) is 0 Å². The van der Waals surface area contributed by atoms with Crippen molar-refractivity contribution in [3.63, 3.8) is 0 Å². The first-order valence-corrected chi connectivity index (χ1v) is 8.00. The number of nitriles is 2. The maximum absolute atomic E-state index is 9.65. The van der Waals surface area contributed by atoms with Gasteiger partial charge in [-0.2, -0.15) is 10.5 Å². The quantitative estimate of drug-likeness (QED) is 0.497. The van der Waals surface area contributed by atoms with Gasteiger partial charge in [0.15, 0.2) is 0 Å². The van der Waals surface area contributed by atoms with E-state index in [-0.39, 0.29) is 0 Å². The third kappa shape index (κ3) is 2.96. The molecule has 0 fully saturated rings. The van der Waals surface area contributed by atoms with E-state index in [0.717, 1.165) is 27.7 Å². The van der Waals surface area contributed by atoms with Gasteiger partial charge in [0.1, 0.15) is 0 Å². The standard InChI is InChI=1S/C22H17N3/c1-3-11-25-16(2)21(20-9-4-5-10-22(20)25)13-19(15-24)18-8-6-7-17(12-18)14-23/h3-10,12-13H,1,11H2,2H3/b19-13+. The van der Waals surface area contributed by atoms with E-state index in [1.165, 1.54) is 0 Å². The number of rotatable bonds is 4. The van der Waals surface area contributed by atoms with E-state index in [1.54, 1.807) is 18.2 Å². The molecule has 0 unspecified atom stereocenters. The lowest BCUT2D eigenvalue weighted by Crippen LogP contribution is -1.97. The zero-order valence-corrected chi connectivity index (χ0v) is 14.0. The number of aromatic nitrogens is 1. The summed E-state index contributed by atoms with van der Waals surface area (Å²) in [4.78, 5) is 0. The molecule has 0 N–H and O–H groups in total. The highest BCUT2D eigenvalue weighted by atomic mass is 15.0. The molecule has 0 aliphatic rings. The Labute approximate surface area is 147 Å². The average Bonchev–Trinajstić information content (AvgIpc) is 2.92. The fraction of sp³-hybridized carbons (Fsp3) is 0.0909. The molecule has 1 aromatic heterocycles. The number of fused-ring (bicyclic) bond motifs is 1. The molecule has 3 heteroatoms. The number of hydrogen-bond donors (Lipinski definition) is 0. The largest absolute Gasteiger partial charge is 0.340 e. The molecule has 0 radical (unpaired) electrons. The summed E-state index contributed by atoms with van der Waals surface area (Å²) in [5, 5.41) is 19.8. The van der Waals surface area contributed by atoms with Crippen molar-refractivity contribution in [2.75, 3.05) is 0 Å². The smallest absolute Gasteiger partial charge is 0.0998 e. The van der Waals surface area contributed by atoms with Crippen molar-refractivity contribution in [3.05, 3.63) is 83.6 Å². The third-order valence-corrected chi connectivity index (χ3v) is 4.30. The first kappa shape index (κ1) is 16.3. The summed E-state index contributed by atoms with van der Waals surface area (Å²) < 4.78 is 2.19. The highest BCUT2D eigenvalue weighted by Gasteiger charge is 2.13. The Morgan fingerprint density at radius 1 is 1.16 bits per heavy atom. The van der Waals surface area contributed by atoms with Gasteiger partial charge in [0.2, 0.25) is 0 Å². The molecule has 2 aromatic carbocycles. The minimum Gasteiger partial charge on any atom is -0.340 e. The van der Waals surface area contributed by atoms with Crippen molar-refractivity contribution in [1.82, 2.24) is 4.57 Å². The van der Waals surface area contributed by atoms with Gasteiger partial charge in [-0.15, -0.1) is 6.58 Å². The second-order valence-corrected chi connectivity index (χ2v) is 5.78. The molecule has 1 heterocycles. The van der Waals surface area contributed by atoms with Crippen LogP contribution in [0.15, 0.2) is 61.2 Å². The number of benzene rings is 2. The molecule has 0 amide bonds. The van der Waals surface area contributed by atoms with Crippen LogP contribution in [0.25, 0.3) is 22.6 Å². The Morgan fingerprint density at radius 3 is 2.68 bits per heavy atom. The van der Waals surface area contributed by atoms with Gasteiger partial charge in [-0.1, -0.05) is 36.4 Å². The van der Waals surface area contributed by atoms with Crippen LogP contribution in [0.1, 0.15) is 22.4 Å². The van der Waals surface area contributed by atoms with Gasteiger partial charge in [0.25, 0.3) is 0 Å². The lowest BCUT2D eigenvalue weighted by Gasteiger charge is -2.04. The predicted octanol–water partition coefficient (Wildman–Crippen LogP) is 5.07. The van der Waals surface area contributed by atoms with E-state index in [0.29, 0.717) is 17.7 Å². The zero-order valence-electron chi connectivity index (χ0n) is 14.0. The van der Waals surface area contributed by atoms with Crippen LogP contribution in [-0.2, 0) is 6.54 Å². The Morgan fingerprint density at radius 2 is 1.96 bits per heavy atom. The van der Waals surface area contributed by atoms with Crippen LogP contribution < -0.4 is 0 Å². The molecule has 0 saturated carbocycles. The van der Waals surface area contributed by atoms with Crippen LogP contribution in [0, 0.1) is 29.6 Å². The fourth-order valence-corrected chi connectivity index (χ4v) is 3.09. The van der Waals surface area contributed by atoms with Crippen LogP contribution in [-0.4, -0.2) is 4.57 Å². The number of nitrogens with zero attached hydrogens (tertiary/aromatic N) is 3. The molecule has 3 aromatic rings. The molecule has 0 atom stereocenters. The van der Waals surface area contributed by atoms with Crippen molar-refractivity contribution >= 4 is 22.6 Å². The summed E-state index contributed by atoms with van der Waals surface area (Å²) in [6.45, 7) is 6.60. The summed E-state index contributed by atoms with van der Waals surface area (Å²) in [6, 6.07) is 19.7. The van der Waals surface area contributed by atoms with Crippen LogP contribution in [0.4, 0.5) is 0 Å². The van der Waals surface area contributed by atoms with Gasteiger partial charge in [-0.25, -0.2) is 0 Å². The Hall–Kier alpha value is -3.56. The lowest BCUT2D eigenvalue weighted by molar-refractivity contribution is 0.828. The van der Waals surface area contributed by atoms with Gasteiger partial charge < -0.3 is 4.57 Å². The zero-order chi connectivity index (χ0) is 17.8. The fourth-order valence-electron chi connectivity index (χ4n) is 3.09. The normalized spacial score (nSPS) is 11.1. The van der Waals surface area contributed by atoms with Gasteiger partial charge in [-0.3, -0.25) is 0 Å². The number of para-hydroxylation sites is 1. The number of allylic oxidation sites excluding steroid dienone is 2. The molecule has 120 valence electrons. The molecule has 0 aliphatic carbocycles. The van der Waals surface area contributed by atoms with E-state index < -0.39 is 0 Å². The molecular weight excluding hydrogens is 306 g/mol. The second-order valence-electron chi connectivity index (χ2n) is 5.78. The van der Waals surface area contributed by atoms with Crippen molar-refractivity contribution in [2.45, 2.75) is 13.5 Å². The molecular formula is C22H17N3. The maximum Gasteiger partial charge on any atom is 0.0998 e. The highest BCUT2D eigenvalue weighted by molar-refractivity contribution is 5.99. The highest BCUT2D eigenvalue weighted by Crippen LogP contribution is 2.30. The molecule has 0 aliphatic heterocycles. The summed E-state index contributed by atoms with van der Waals surface area (Å²) in [5.41, 5.74) is 5.07. The van der Waals surface area contributed by atoms with Gasteiger partial charge >= 0.3 is 0 Å². The summed E-state index contributed by atoms with van der Waals surface area (Å²) in [5.74, 6) is 0. The summed E-state index contributed by atoms with van der Waals surface area (Å²) in [7, 11) is 0. The molecule has 3 rings (SSSR count). The third-order valence-electron chi connectivity index (χ3n) is 4.30. The minimum atomic E-state index is 0.543. The molecule has 0 spiro atoms. The summed E-state index contributed by atoms with van der Waals surface area (Å²) >= 11 is 0. The van der Waals surface area contributed by atoms with Crippen LogP contribution >= 0.6 is 0 Å². The second kappa shape index (κ2) is 6.91.